The third kappa shape index (κ3) is 2.51. The third-order valence-electron chi connectivity index (χ3n) is 4.12. The maximum Gasteiger partial charge on any atom is 0.227 e. The lowest BCUT2D eigenvalue weighted by atomic mass is 9.98. The number of oxazole rings is 1. The standard InChI is InChI=1S/C18H20N2O/c1-4-11(2)13-7-8-17-16(10-13)20-18(21-17)14-6-5-12(3)15(19)9-14/h5-11H,4,19H2,1-3H3/t11-/m0/s1. The number of hydrogen-bond acceptors (Lipinski definition) is 3. The van der Waals surface area contributed by atoms with Gasteiger partial charge in [0.25, 0.3) is 0 Å². The quantitative estimate of drug-likeness (QED) is 0.694. The second-order valence-corrected chi connectivity index (χ2v) is 5.63. The van der Waals surface area contributed by atoms with Crippen molar-refractivity contribution < 1.29 is 4.42 Å². The van der Waals surface area contributed by atoms with Gasteiger partial charge in [-0.25, -0.2) is 4.98 Å². The molecule has 2 N–H and O–H groups in total. The summed E-state index contributed by atoms with van der Waals surface area (Å²) < 4.78 is 5.85. The number of anilines is 1. The topological polar surface area (TPSA) is 52.0 Å². The van der Waals surface area contributed by atoms with E-state index in [0.717, 1.165) is 34.3 Å². The Bertz CT molecular complexity index is 789. The van der Waals surface area contributed by atoms with Gasteiger partial charge in [-0.05, 0) is 54.7 Å². The summed E-state index contributed by atoms with van der Waals surface area (Å²) in [6.45, 7) is 6.41. The van der Waals surface area contributed by atoms with Crippen molar-refractivity contribution in [1.29, 1.82) is 0 Å². The molecule has 1 aromatic heterocycles. The Labute approximate surface area is 124 Å². The number of rotatable bonds is 3. The van der Waals surface area contributed by atoms with Gasteiger partial charge in [0, 0.05) is 11.3 Å². The first-order valence-corrected chi connectivity index (χ1v) is 7.35. The van der Waals surface area contributed by atoms with Gasteiger partial charge in [0.15, 0.2) is 5.58 Å². The molecule has 3 rings (SSSR count). The van der Waals surface area contributed by atoms with E-state index in [4.69, 9.17) is 10.2 Å². The minimum atomic E-state index is 0.532. The number of aryl methyl sites for hydroxylation is 1. The van der Waals surface area contributed by atoms with E-state index < -0.39 is 0 Å². The molecule has 0 radical (unpaired) electrons. The fraction of sp³-hybridized carbons (Fsp3) is 0.278. The van der Waals surface area contributed by atoms with E-state index in [-0.39, 0.29) is 0 Å². The Kier molecular flexibility index (Phi) is 3.42. The van der Waals surface area contributed by atoms with Crippen molar-refractivity contribution in [3.63, 3.8) is 0 Å². The molecule has 0 aliphatic rings. The van der Waals surface area contributed by atoms with Crippen molar-refractivity contribution in [2.24, 2.45) is 0 Å². The van der Waals surface area contributed by atoms with Crippen LogP contribution in [0.5, 0.6) is 0 Å². The summed E-state index contributed by atoms with van der Waals surface area (Å²) in [7, 11) is 0. The van der Waals surface area contributed by atoms with Gasteiger partial charge < -0.3 is 10.2 Å². The van der Waals surface area contributed by atoms with Crippen LogP contribution in [-0.4, -0.2) is 4.98 Å². The van der Waals surface area contributed by atoms with Gasteiger partial charge in [-0.2, -0.15) is 0 Å². The Balaban J connectivity index is 2.06. The van der Waals surface area contributed by atoms with Gasteiger partial charge in [0.05, 0.1) is 0 Å². The lowest BCUT2D eigenvalue weighted by Gasteiger charge is -2.07. The van der Waals surface area contributed by atoms with E-state index in [1.807, 2.05) is 31.2 Å². The molecule has 1 heterocycles. The predicted molar refractivity (Wildman–Crippen MR) is 87.3 cm³/mol. The largest absolute Gasteiger partial charge is 0.436 e. The summed E-state index contributed by atoms with van der Waals surface area (Å²) in [5, 5.41) is 0. The van der Waals surface area contributed by atoms with Crippen LogP contribution in [0.3, 0.4) is 0 Å². The molecular weight excluding hydrogens is 260 g/mol. The molecule has 0 fully saturated rings. The molecule has 2 aromatic carbocycles. The number of aromatic nitrogens is 1. The second-order valence-electron chi connectivity index (χ2n) is 5.63. The molecule has 3 heteroatoms. The molecular formula is C18H20N2O. The van der Waals surface area contributed by atoms with Crippen LogP contribution in [0.1, 0.15) is 37.3 Å². The first-order valence-electron chi connectivity index (χ1n) is 7.35. The smallest absolute Gasteiger partial charge is 0.227 e. The van der Waals surface area contributed by atoms with Gasteiger partial charge in [-0.1, -0.05) is 26.0 Å². The highest BCUT2D eigenvalue weighted by Gasteiger charge is 2.11. The van der Waals surface area contributed by atoms with Crippen LogP contribution in [0.2, 0.25) is 0 Å². The minimum absolute atomic E-state index is 0.532. The van der Waals surface area contributed by atoms with Crippen molar-refractivity contribution in [2.45, 2.75) is 33.1 Å². The van der Waals surface area contributed by atoms with Crippen molar-refractivity contribution in [3.8, 4) is 11.5 Å². The molecule has 21 heavy (non-hydrogen) atoms. The summed E-state index contributed by atoms with van der Waals surface area (Å²) in [5.74, 6) is 1.16. The van der Waals surface area contributed by atoms with Crippen molar-refractivity contribution in [2.75, 3.05) is 5.73 Å². The molecule has 0 amide bonds. The van der Waals surface area contributed by atoms with Crippen LogP contribution in [0, 0.1) is 6.92 Å². The zero-order chi connectivity index (χ0) is 15.0. The summed E-state index contributed by atoms with van der Waals surface area (Å²) in [6, 6.07) is 12.1. The average Bonchev–Trinajstić information content (AvgIpc) is 2.92. The van der Waals surface area contributed by atoms with E-state index in [2.05, 4.69) is 31.0 Å². The molecule has 0 unspecified atom stereocenters. The monoisotopic (exact) mass is 280 g/mol. The van der Waals surface area contributed by atoms with Gasteiger partial charge in [-0.15, -0.1) is 0 Å². The number of nitrogens with two attached hydrogens (primary N) is 1. The molecule has 0 aliphatic carbocycles. The van der Waals surface area contributed by atoms with E-state index in [1.165, 1.54) is 5.56 Å². The first kappa shape index (κ1) is 13.7. The van der Waals surface area contributed by atoms with E-state index in [0.29, 0.717) is 11.8 Å². The lowest BCUT2D eigenvalue weighted by molar-refractivity contribution is 0.619. The fourth-order valence-corrected chi connectivity index (χ4v) is 2.38. The third-order valence-corrected chi connectivity index (χ3v) is 4.12. The maximum absolute atomic E-state index is 5.96. The van der Waals surface area contributed by atoms with Gasteiger partial charge in [-0.3, -0.25) is 0 Å². The van der Waals surface area contributed by atoms with E-state index >= 15 is 0 Å². The van der Waals surface area contributed by atoms with Crippen LogP contribution in [0.4, 0.5) is 5.69 Å². The number of nitrogen functional groups attached to an aromatic ring is 1. The second kappa shape index (κ2) is 5.24. The number of fused-ring (bicyclic) bond motifs is 1. The molecule has 0 aliphatic heterocycles. The zero-order valence-electron chi connectivity index (χ0n) is 12.7. The molecule has 1 atom stereocenters. The molecule has 0 bridgehead atoms. The van der Waals surface area contributed by atoms with Crippen molar-refractivity contribution in [3.05, 3.63) is 47.5 Å². The fourth-order valence-electron chi connectivity index (χ4n) is 2.38. The summed E-state index contributed by atoms with van der Waals surface area (Å²) in [6.07, 6.45) is 1.12. The highest BCUT2D eigenvalue weighted by molar-refractivity contribution is 5.77. The molecule has 0 saturated carbocycles. The van der Waals surface area contributed by atoms with E-state index in [1.54, 1.807) is 0 Å². The van der Waals surface area contributed by atoms with Gasteiger partial charge in [0.2, 0.25) is 5.89 Å². The van der Waals surface area contributed by atoms with Gasteiger partial charge in [0.1, 0.15) is 5.52 Å². The Morgan fingerprint density at radius 2 is 2.00 bits per heavy atom. The Morgan fingerprint density at radius 1 is 1.19 bits per heavy atom. The van der Waals surface area contributed by atoms with Gasteiger partial charge >= 0.3 is 0 Å². The van der Waals surface area contributed by atoms with E-state index in [9.17, 15) is 0 Å². The van der Waals surface area contributed by atoms with Crippen LogP contribution < -0.4 is 5.73 Å². The summed E-state index contributed by atoms with van der Waals surface area (Å²) in [5.41, 5.74) is 11.7. The molecule has 3 nitrogen and oxygen atoms in total. The van der Waals surface area contributed by atoms with Crippen LogP contribution in [0.15, 0.2) is 40.8 Å². The predicted octanol–water partition coefficient (Wildman–Crippen LogP) is 4.90. The maximum atomic E-state index is 5.96. The first-order chi connectivity index (χ1) is 10.1. The number of hydrogen-bond donors (Lipinski definition) is 1. The minimum Gasteiger partial charge on any atom is -0.436 e. The Morgan fingerprint density at radius 3 is 2.71 bits per heavy atom. The molecule has 0 saturated heterocycles. The van der Waals surface area contributed by atoms with Crippen LogP contribution in [0.25, 0.3) is 22.6 Å². The molecule has 3 aromatic rings. The normalized spacial score (nSPS) is 12.7. The highest BCUT2D eigenvalue weighted by Crippen LogP contribution is 2.29. The summed E-state index contributed by atoms with van der Waals surface area (Å²) in [4.78, 5) is 4.61. The average molecular weight is 280 g/mol. The van der Waals surface area contributed by atoms with Crippen molar-refractivity contribution >= 4 is 16.8 Å². The Hall–Kier alpha value is -2.29. The highest BCUT2D eigenvalue weighted by atomic mass is 16.3. The number of benzene rings is 2. The molecule has 108 valence electrons. The zero-order valence-corrected chi connectivity index (χ0v) is 12.7. The van der Waals surface area contributed by atoms with Crippen LogP contribution in [-0.2, 0) is 0 Å². The lowest BCUT2D eigenvalue weighted by Crippen LogP contribution is -1.90. The van der Waals surface area contributed by atoms with Crippen LogP contribution >= 0.6 is 0 Å². The number of nitrogens with zero attached hydrogens (tertiary/aromatic N) is 1. The summed E-state index contributed by atoms with van der Waals surface area (Å²) >= 11 is 0. The SMILES string of the molecule is CC[C@H](C)c1ccc2oc(-c3ccc(C)c(N)c3)nc2c1. The van der Waals surface area contributed by atoms with Crippen molar-refractivity contribution in [1.82, 2.24) is 4.98 Å². The molecule has 0 spiro atoms.